The summed E-state index contributed by atoms with van der Waals surface area (Å²) in [5.41, 5.74) is 1.27. The standard InChI is InChI=1S/C28H25F3N4O4/c1-37-19-10-17(11-20(14-19)38-2)15-34-7-5-21-23(22-4-3-6-33-25(22)28(29,30)31)12-18(13-24(21)26(34)36)16-35-8-9-39-27(35)32/h3-4,6,8-14,32H,5,7,15-16H2,1-2H3. The lowest BCUT2D eigenvalue weighted by atomic mass is 9.87. The molecule has 5 rings (SSSR count). The number of methoxy groups -OCH3 is 2. The van der Waals surface area contributed by atoms with Crippen molar-refractivity contribution in [3.8, 4) is 22.6 Å². The zero-order valence-corrected chi connectivity index (χ0v) is 21.2. The number of hydrogen-bond acceptors (Lipinski definition) is 6. The van der Waals surface area contributed by atoms with E-state index in [0.717, 1.165) is 11.8 Å². The number of rotatable bonds is 7. The van der Waals surface area contributed by atoms with Gasteiger partial charge in [0.25, 0.3) is 11.6 Å². The number of nitrogens with zero attached hydrogens (tertiary/aromatic N) is 3. The molecule has 4 aromatic rings. The van der Waals surface area contributed by atoms with Gasteiger partial charge in [0.05, 0.1) is 20.8 Å². The average molecular weight is 539 g/mol. The lowest BCUT2D eigenvalue weighted by Gasteiger charge is -2.31. The molecule has 0 saturated carbocycles. The summed E-state index contributed by atoms with van der Waals surface area (Å²) >= 11 is 0. The number of amides is 1. The number of fused-ring (bicyclic) bond motifs is 1. The number of carbonyl (C=O) groups is 1. The van der Waals surface area contributed by atoms with E-state index in [4.69, 9.17) is 19.3 Å². The molecule has 1 N–H and O–H groups in total. The summed E-state index contributed by atoms with van der Waals surface area (Å²) in [5.74, 6) is 0.860. The van der Waals surface area contributed by atoms with Crippen LogP contribution in [0.15, 0.2) is 65.5 Å². The van der Waals surface area contributed by atoms with Crippen molar-refractivity contribution < 1.29 is 31.9 Å². The maximum Gasteiger partial charge on any atom is 0.433 e. The van der Waals surface area contributed by atoms with Crippen molar-refractivity contribution >= 4 is 5.91 Å². The van der Waals surface area contributed by atoms with Gasteiger partial charge in [-0.25, -0.2) is 0 Å². The summed E-state index contributed by atoms with van der Waals surface area (Å²) in [6.07, 6.45) is -0.321. The van der Waals surface area contributed by atoms with E-state index in [1.807, 2.05) is 12.1 Å². The quantitative estimate of drug-likeness (QED) is 0.361. The van der Waals surface area contributed by atoms with Gasteiger partial charge < -0.3 is 18.8 Å². The van der Waals surface area contributed by atoms with Crippen LogP contribution in [0.25, 0.3) is 11.1 Å². The molecular weight excluding hydrogens is 513 g/mol. The van der Waals surface area contributed by atoms with Crippen LogP contribution < -0.4 is 15.2 Å². The molecular formula is C28H25F3N4O4. The normalized spacial score (nSPS) is 13.4. The number of alkyl halides is 3. The van der Waals surface area contributed by atoms with Gasteiger partial charge in [0, 0.05) is 42.7 Å². The van der Waals surface area contributed by atoms with E-state index >= 15 is 0 Å². The molecule has 1 aliphatic heterocycles. The Bertz CT molecular complexity index is 1570. The Morgan fingerprint density at radius 1 is 1.00 bits per heavy atom. The number of nitrogens with one attached hydrogen (secondary N) is 1. The highest BCUT2D eigenvalue weighted by Crippen LogP contribution is 2.39. The Hall–Kier alpha value is -4.54. The number of ether oxygens (including phenoxy) is 2. The van der Waals surface area contributed by atoms with Crippen molar-refractivity contribution in [3.63, 3.8) is 0 Å². The number of hydrogen-bond donors (Lipinski definition) is 1. The molecule has 0 radical (unpaired) electrons. The van der Waals surface area contributed by atoms with E-state index in [1.165, 1.54) is 37.2 Å². The molecule has 0 spiro atoms. The molecule has 1 aliphatic rings. The zero-order valence-electron chi connectivity index (χ0n) is 21.2. The van der Waals surface area contributed by atoms with Crippen LogP contribution in [0.5, 0.6) is 11.5 Å². The second-order valence-electron chi connectivity index (χ2n) is 9.10. The molecule has 11 heteroatoms. The Morgan fingerprint density at radius 3 is 2.33 bits per heavy atom. The third-order valence-corrected chi connectivity index (χ3v) is 6.64. The smallest absolute Gasteiger partial charge is 0.433 e. The first-order valence-corrected chi connectivity index (χ1v) is 12.1. The molecule has 0 saturated heterocycles. The summed E-state index contributed by atoms with van der Waals surface area (Å²) in [5, 5.41) is 7.93. The van der Waals surface area contributed by atoms with E-state index in [2.05, 4.69) is 4.98 Å². The first-order chi connectivity index (χ1) is 18.7. The molecule has 1 amide bonds. The highest BCUT2D eigenvalue weighted by Gasteiger charge is 2.37. The monoisotopic (exact) mass is 538 g/mol. The second kappa shape index (κ2) is 10.3. The van der Waals surface area contributed by atoms with Crippen LogP contribution in [0.3, 0.4) is 0 Å². The van der Waals surface area contributed by atoms with E-state index in [-0.39, 0.29) is 30.2 Å². The summed E-state index contributed by atoms with van der Waals surface area (Å²) in [7, 11) is 3.08. The number of pyridine rings is 1. The van der Waals surface area contributed by atoms with Gasteiger partial charge in [-0.2, -0.15) is 13.2 Å². The molecule has 39 heavy (non-hydrogen) atoms. The van der Waals surface area contributed by atoms with Crippen LogP contribution in [0, 0.1) is 5.41 Å². The number of oxazole rings is 1. The Morgan fingerprint density at radius 2 is 1.69 bits per heavy atom. The molecule has 0 fully saturated rings. The van der Waals surface area contributed by atoms with Gasteiger partial charge in [0.1, 0.15) is 17.8 Å². The maximum atomic E-state index is 13.9. The van der Waals surface area contributed by atoms with Crippen molar-refractivity contribution in [3.05, 3.63) is 94.8 Å². The van der Waals surface area contributed by atoms with Gasteiger partial charge in [-0.1, -0.05) is 6.07 Å². The largest absolute Gasteiger partial charge is 0.497 e. The zero-order chi connectivity index (χ0) is 27.7. The molecule has 0 unspecified atom stereocenters. The first-order valence-electron chi connectivity index (χ1n) is 12.1. The lowest BCUT2D eigenvalue weighted by molar-refractivity contribution is -0.140. The fraction of sp³-hybridized carbons (Fsp3) is 0.250. The molecule has 2 aromatic heterocycles. The fourth-order valence-electron chi connectivity index (χ4n) is 4.84. The van der Waals surface area contributed by atoms with Crippen molar-refractivity contribution in [2.45, 2.75) is 25.7 Å². The Balaban J connectivity index is 1.60. The molecule has 0 aliphatic carbocycles. The average Bonchev–Trinajstić information content (AvgIpc) is 3.33. The van der Waals surface area contributed by atoms with E-state index in [9.17, 15) is 18.0 Å². The second-order valence-corrected chi connectivity index (χ2v) is 9.10. The van der Waals surface area contributed by atoms with Crippen LogP contribution in [-0.4, -0.2) is 41.1 Å². The first kappa shape index (κ1) is 26.1. The number of carbonyl (C=O) groups excluding carboxylic acids is 1. The van der Waals surface area contributed by atoms with Gasteiger partial charge in [-0.05, 0) is 59.0 Å². The van der Waals surface area contributed by atoms with Gasteiger partial charge in [0.2, 0.25) is 0 Å². The number of benzene rings is 2. The van der Waals surface area contributed by atoms with Crippen LogP contribution in [0.1, 0.15) is 32.7 Å². The summed E-state index contributed by atoms with van der Waals surface area (Å²) < 4.78 is 59.0. The van der Waals surface area contributed by atoms with Crippen molar-refractivity contribution in [1.82, 2.24) is 14.5 Å². The summed E-state index contributed by atoms with van der Waals surface area (Å²) in [4.78, 5) is 19.1. The number of aromatic nitrogens is 2. The predicted molar refractivity (Wildman–Crippen MR) is 134 cm³/mol. The minimum atomic E-state index is -4.68. The van der Waals surface area contributed by atoms with Gasteiger partial charge in [-0.15, -0.1) is 0 Å². The van der Waals surface area contributed by atoms with Gasteiger partial charge in [0.15, 0.2) is 5.69 Å². The highest BCUT2D eigenvalue weighted by atomic mass is 19.4. The lowest BCUT2D eigenvalue weighted by Crippen LogP contribution is -2.37. The van der Waals surface area contributed by atoms with Crippen LogP contribution in [0.4, 0.5) is 13.2 Å². The third kappa shape index (κ3) is 5.25. The van der Waals surface area contributed by atoms with E-state index in [1.54, 1.807) is 29.3 Å². The SMILES string of the molecule is COc1cc(CN2CCc3c(cc(Cn4ccoc4=N)cc3-c3cccnc3C(F)(F)F)C2=O)cc(OC)c1. The fourth-order valence-corrected chi connectivity index (χ4v) is 4.84. The Labute approximate surface area is 221 Å². The van der Waals surface area contributed by atoms with Gasteiger partial charge in [-0.3, -0.25) is 19.8 Å². The molecule has 202 valence electrons. The highest BCUT2D eigenvalue weighted by molar-refractivity contribution is 5.99. The molecule has 3 heterocycles. The van der Waals surface area contributed by atoms with Crippen LogP contribution >= 0.6 is 0 Å². The van der Waals surface area contributed by atoms with Gasteiger partial charge >= 0.3 is 6.18 Å². The molecule has 2 aromatic carbocycles. The minimum absolute atomic E-state index is 0.0924. The maximum absolute atomic E-state index is 13.9. The van der Waals surface area contributed by atoms with Crippen LogP contribution in [-0.2, 0) is 25.7 Å². The number of halogens is 3. The summed E-state index contributed by atoms with van der Waals surface area (Å²) in [6.45, 7) is 0.712. The van der Waals surface area contributed by atoms with Crippen molar-refractivity contribution in [2.75, 3.05) is 20.8 Å². The minimum Gasteiger partial charge on any atom is -0.497 e. The topological polar surface area (TPSA) is 93.6 Å². The third-order valence-electron chi connectivity index (χ3n) is 6.64. The van der Waals surface area contributed by atoms with E-state index in [0.29, 0.717) is 46.7 Å². The van der Waals surface area contributed by atoms with E-state index < -0.39 is 11.9 Å². The molecule has 0 bridgehead atoms. The summed E-state index contributed by atoms with van der Waals surface area (Å²) in [6, 6.07) is 11.5. The van der Waals surface area contributed by atoms with Crippen molar-refractivity contribution in [2.24, 2.45) is 0 Å². The predicted octanol–water partition coefficient (Wildman–Crippen LogP) is 4.91. The molecule has 8 nitrogen and oxygen atoms in total. The van der Waals surface area contributed by atoms with Crippen LogP contribution in [0.2, 0.25) is 0 Å². The Kier molecular flexibility index (Phi) is 6.90. The van der Waals surface area contributed by atoms with Crippen molar-refractivity contribution in [1.29, 1.82) is 5.41 Å². The molecule has 0 atom stereocenters.